The van der Waals surface area contributed by atoms with Gasteiger partial charge in [-0.2, -0.15) is 0 Å². The van der Waals surface area contributed by atoms with Crippen molar-refractivity contribution in [3.8, 4) is 0 Å². The van der Waals surface area contributed by atoms with Crippen molar-refractivity contribution in [3.63, 3.8) is 0 Å². The van der Waals surface area contributed by atoms with E-state index in [1.807, 2.05) is 0 Å². The average Bonchev–Trinajstić information content (AvgIpc) is 2.73. The second-order valence-corrected chi connectivity index (χ2v) is 5.79. The molecule has 1 heteroatoms. The molecule has 0 amide bonds. The zero-order valence-electron chi connectivity index (χ0n) is 11.7. The van der Waals surface area contributed by atoms with Crippen molar-refractivity contribution in [2.45, 2.75) is 58.4 Å². The second-order valence-electron chi connectivity index (χ2n) is 5.79. The fourth-order valence-corrected chi connectivity index (χ4v) is 3.39. The van der Waals surface area contributed by atoms with E-state index in [9.17, 15) is 0 Å². The van der Waals surface area contributed by atoms with Gasteiger partial charge in [0, 0.05) is 5.54 Å². The van der Waals surface area contributed by atoms with Crippen molar-refractivity contribution in [2.24, 2.45) is 0 Å². The van der Waals surface area contributed by atoms with Crippen LogP contribution in [0, 0.1) is 20.8 Å². The van der Waals surface area contributed by atoms with Gasteiger partial charge in [0.25, 0.3) is 0 Å². The Morgan fingerprint density at radius 2 is 1.59 bits per heavy atom. The van der Waals surface area contributed by atoms with Crippen LogP contribution in [0.5, 0.6) is 0 Å². The van der Waals surface area contributed by atoms with Crippen LogP contribution < -0.4 is 5.32 Å². The molecule has 0 aromatic heterocycles. The molecular formula is C16H25N. The lowest BCUT2D eigenvalue weighted by atomic mass is 9.85. The minimum Gasteiger partial charge on any atom is -0.314 e. The molecule has 0 unspecified atom stereocenters. The van der Waals surface area contributed by atoms with Crippen LogP contribution in [0.15, 0.2) is 12.1 Å². The number of benzene rings is 1. The van der Waals surface area contributed by atoms with Gasteiger partial charge in [0.1, 0.15) is 0 Å². The van der Waals surface area contributed by atoms with Gasteiger partial charge in [-0.15, -0.1) is 0 Å². The number of aryl methyl sites for hydroxylation is 3. The predicted octanol–water partition coefficient (Wildman–Crippen LogP) is 3.69. The molecule has 1 nitrogen and oxygen atoms in total. The van der Waals surface area contributed by atoms with Crippen molar-refractivity contribution in [3.05, 3.63) is 34.4 Å². The third-order valence-electron chi connectivity index (χ3n) is 4.45. The Bertz CT molecular complexity index is 377. The highest BCUT2D eigenvalue weighted by Gasteiger charge is 2.32. The minimum atomic E-state index is 0.366. The van der Waals surface area contributed by atoms with Gasteiger partial charge in [-0.25, -0.2) is 0 Å². The second kappa shape index (κ2) is 4.81. The molecule has 0 spiro atoms. The Hall–Kier alpha value is -0.820. The minimum absolute atomic E-state index is 0.366. The van der Waals surface area contributed by atoms with Crippen molar-refractivity contribution < 1.29 is 0 Å². The van der Waals surface area contributed by atoms with E-state index in [1.165, 1.54) is 48.8 Å². The number of hydrogen-bond acceptors (Lipinski definition) is 1. The number of nitrogens with one attached hydrogen (secondary N) is 1. The van der Waals surface area contributed by atoms with E-state index in [4.69, 9.17) is 0 Å². The van der Waals surface area contributed by atoms with Crippen LogP contribution in [-0.2, 0) is 6.42 Å². The highest BCUT2D eigenvalue weighted by atomic mass is 14.9. The van der Waals surface area contributed by atoms with Crippen molar-refractivity contribution >= 4 is 0 Å². The Morgan fingerprint density at radius 1 is 1.06 bits per heavy atom. The fourth-order valence-electron chi connectivity index (χ4n) is 3.39. The summed E-state index contributed by atoms with van der Waals surface area (Å²) >= 11 is 0. The van der Waals surface area contributed by atoms with Gasteiger partial charge < -0.3 is 5.32 Å². The van der Waals surface area contributed by atoms with E-state index in [0.29, 0.717) is 5.54 Å². The van der Waals surface area contributed by atoms with Crippen molar-refractivity contribution in [1.29, 1.82) is 0 Å². The first-order valence-corrected chi connectivity index (χ1v) is 6.82. The maximum atomic E-state index is 3.59. The molecule has 94 valence electrons. The summed E-state index contributed by atoms with van der Waals surface area (Å²) in [7, 11) is 2.13. The standard InChI is InChI=1S/C16H25N/c1-12-9-13(2)15(14(3)10-12)11-16(17-4)7-5-6-8-16/h9-10,17H,5-8,11H2,1-4H3. The molecule has 17 heavy (non-hydrogen) atoms. The molecular weight excluding hydrogens is 206 g/mol. The Morgan fingerprint density at radius 3 is 2.06 bits per heavy atom. The van der Waals surface area contributed by atoms with Crippen LogP contribution in [0.25, 0.3) is 0 Å². The van der Waals surface area contributed by atoms with Gasteiger partial charge >= 0.3 is 0 Å². The molecule has 1 N–H and O–H groups in total. The first-order chi connectivity index (χ1) is 8.06. The smallest absolute Gasteiger partial charge is 0.0219 e. The van der Waals surface area contributed by atoms with E-state index in [1.54, 1.807) is 5.56 Å². The van der Waals surface area contributed by atoms with E-state index in [0.717, 1.165) is 0 Å². The van der Waals surface area contributed by atoms with E-state index >= 15 is 0 Å². The van der Waals surface area contributed by atoms with E-state index in [2.05, 4.69) is 45.3 Å². The Kier molecular flexibility index (Phi) is 3.58. The Balaban J connectivity index is 2.29. The van der Waals surface area contributed by atoms with Gasteiger partial charge in [-0.1, -0.05) is 30.5 Å². The lowest BCUT2D eigenvalue weighted by molar-refractivity contribution is 0.355. The van der Waals surface area contributed by atoms with E-state index < -0.39 is 0 Å². The maximum Gasteiger partial charge on any atom is 0.0219 e. The first kappa shape index (κ1) is 12.6. The molecule has 1 aromatic carbocycles. The van der Waals surface area contributed by atoms with Crippen molar-refractivity contribution in [1.82, 2.24) is 5.32 Å². The van der Waals surface area contributed by atoms with Crippen LogP contribution in [-0.4, -0.2) is 12.6 Å². The predicted molar refractivity (Wildman–Crippen MR) is 74.6 cm³/mol. The molecule has 1 aliphatic rings. The van der Waals surface area contributed by atoms with Gasteiger partial charge in [-0.05, 0) is 63.8 Å². The topological polar surface area (TPSA) is 12.0 Å². The Labute approximate surface area is 106 Å². The molecule has 0 aliphatic heterocycles. The normalized spacial score (nSPS) is 18.6. The van der Waals surface area contributed by atoms with E-state index in [-0.39, 0.29) is 0 Å². The molecule has 0 bridgehead atoms. The highest BCUT2D eigenvalue weighted by molar-refractivity contribution is 5.38. The van der Waals surface area contributed by atoms with Gasteiger partial charge in [-0.3, -0.25) is 0 Å². The maximum absolute atomic E-state index is 3.59. The third kappa shape index (κ3) is 2.55. The summed E-state index contributed by atoms with van der Waals surface area (Å²) in [6, 6.07) is 4.64. The lowest BCUT2D eigenvalue weighted by Gasteiger charge is -2.30. The summed E-state index contributed by atoms with van der Waals surface area (Å²) in [4.78, 5) is 0. The van der Waals surface area contributed by atoms with Crippen LogP contribution >= 0.6 is 0 Å². The van der Waals surface area contributed by atoms with Crippen LogP contribution in [0.1, 0.15) is 47.9 Å². The zero-order chi connectivity index (χ0) is 12.5. The molecule has 0 radical (unpaired) electrons. The molecule has 1 saturated carbocycles. The van der Waals surface area contributed by atoms with Crippen LogP contribution in [0.4, 0.5) is 0 Å². The lowest BCUT2D eigenvalue weighted by Crippen LogP contribution is -2.42. The number of likely N-dealkylation sites (N-methyl/N-ethyl adjacent to an activating group) is 1. The molecule has 0 saturated heterocycles. The third-order valence-corrected chi connectivity index (χ3v) is 4.45. The van der Waals surface area contributed by atoms with Crippen LogP contribution in [0.3, 0.4) is 0 Å². The van der Waals surface area contributed by atoms with Crippen molar-refractivity contribution in [2.75, 3.05) is 7.05 Å². The summed E-state index contributed by atoms with van der Waals surface area (Å²) < 4.78 is 0. The van der Waals surface area contributed by atoms with Crippen LogP contribution in [0.2, 0.25) is 0 Å². The molecule has 0 heterocycles. The summed E-state index contributed by atoms with van der Waals surface area (Å²) in [5.41, 5.74) is 6.23. The average molecular weight is 231 g/mol. The van der Waals surface area contributed by atoms with Gasteiger partial charge in [0.2, 0.25) is 0 Å². The largest absolute Gasteiger partial charge is 0.314 e. The number of hydrogen-bond donors (Lipinski definition) is 1. The van der Waals surface area contributed by atoms with Gasteiger partial charge in [0.15, 0.2) is 0 Å². The zero-order valence-corrected chi connectivity index (χ0v) is 11.7. The quantitative estimate of drug-likeness (QED) is 0.836. The summed E-state index contributed by atoms with van der Waals surface area (Å²) in [6.07, 6.45) is 6.61. The molecule has 0 atom stereocenters. The monoisotopic (exact) mass is 231 g/mol. The number of rotatable bonds is 3. The summed E-state index contributed by atoms with van der Waals surface area (Å²) in [6.45, 7) is 6.70. The SMILES string of the molecule is CNC1(Cc2c(C)cc(C)cc2C)CCCC1. The fraction of sp³-hybridized carbons (Fsp3) is 0.625. The molecule has 2 rings (SSSR count). The van der Waals surface area contributed by atoms with Gasteiger partial charge in [0.05, 0.1) is 0 Å². The summed E-state index contributed by atoms with van der Waals surface area (Å²) in [5, 5.41) is 3.59. The molecule has 1 aliphatic carbocycles. The molecule has 1 aromatic rings. The summed E-state index contributed by atoms with van der Waals surface area (Å²) in [5.74, 6) is 0. The first-order valence-electron chi connectivity index (χ1n) is 6.82. The highest BCUT2D eigenvalue weighted by Crippen LogP contribution is 2.34. The molecule has 1 fully saturated rings.